The van der Waals surface area contributed by atoms with E-state index in [-0.39, 0.29) is 11.7 Å². The molecule has 0 N–H and O–H groups in total. The number of hydrogen-bond donors (Lipinski definition) is 0. The van der Waals surface area contributed by atoms with Crippen molar-refractivity contribution in [2.24, 2.45) is 0 Å². The number of anilines is 1. The van der Waals surface area contributed by atoms with Gasteiger partial charge >= 0.3 is 0 Å². The van der Waals surface area contributed by atoms with E-state index in [1.807, 2.05) is 47.4 Å². The molecule has 0 bridgehead atoms. The lowest BCUT2D eigenvalue weighted by molar-refractivity contribution is 0.0767. The van der Waals surface area contributed by atoms with Crippen molar-refractivity contribution in [1.29, 1.82) is 0 Å². The number of rotatable bonds is 5. The predicted octanol–water partition coefficient (Wildman–Crippen LogP) is 5.51. The Morgan fingerprint density at radius 1 is 0.914 bits per heavy atom. The normalized spacial score (nSPS) is 14.0. The minimum Gasteiger partial charge on any atom is -0.497 e. The number of carbonyl (C=O) groups is 1. The number of ether oxygens (including phenoxy) is 1. The van der Waals surface area contributed by atoms with Gasteiger partial charge in [-0.05, 0) is 55.0 Å². The maximum atomic E-state index is 14.2. The number of nitrogens with zero attached hydrogens (tertiary/aromatic N) is 3. The highest BCUT2D eigenvalue weighted by Crippen LogP contribution is 2.30. The number of amides is 1. The molecule has 1 aliphatic heterocycles. The zero-order valence-electron chi connectivity index (χ0n) is 19.5. The average Bonchev–Trinajstić information content (AvgIpc) is 3.26. The van der Waals surface area contributed by atoms with Crippen molar-refractivity contribution < 1.29 is 18.3 Å². The monoisotopic (exact) mass is 471 g/mol. The Bertz CT molecular complexity index is 1320. The van der Waals surface area contributed by atoms with Gasteiger partial charge in [0.15, 0.2) is 5.76 Å². The molecule has 35 heavy (non-hydrogen) atoms. The number of benzene rings is 3. The van der Waals surface area contributed by atoms with E-state index in [0.717, 1.165) is 30.9 Å². The smallest absolute Gasteiger partial charge is 0.254 e. The van der Waals surface area contributed by atoms with E-state index in [4.69, 9.17) is 9.15 Å². The number of halogens is 1. The second kappa shape index (κ2) is 10.0. The van der Waals surface area contributed by atoms with Gasteiger partial charge in [-0.3, -0.25) is 4.79 Å². The van der Waals surface area contributed by atoms with Crippen molar-refractivity contribution in [1.82, 2.24) is 9.88 Å². The molecule has 1 aromatic heterocycles. The van der Waals surface area contributed by atoms with E-state index in [1.165, 1.54) is 12.3 Å². The molecule has 0 saturated carbocycles. The molecule has 7 heteroatoms. The molecule has 0 radical (unpaired) electrons. The first-order valence-electron chi connectivity index (χ1n) is 11.6. The van der Waals surface area contributed by atoms with Crippen molar-refractivity contribution in [2.75, 3.05) is 38.2 Å². The maximum absolute atomic E-state index is 14.2. The highest BCUT2D eigenvalue weighted by molar-refractivity contribution is 6.00. The zero-order valence-corrected chi connectivity index (χ0v) is 19.5. The predicted molar refractivity (Wildman–Crippen MR) is 133 cm³/mol. The number of carbonyl (C=O) groups excluding carboxylic acids is 1. The van der Waals surface area contributed by atoms with Crippen LogP contribution >= 0.6 is 0 Å². The fourth-order valence-electron chi connectivity index (χ4n) is 4.38. The van der Waals surface area contributed by atoms with Crippen molar-refractivity contribution in [3.8, 4) is 28.5 Å². The molecule has 0 unspecified atom stereocenters. The summed E-state index contributed by atoms with van der Waals surface area (Å²) in [5.41, 5.74) is 2.56. The van der Waals surface area contributed by atoms with Gasteiger partial charge in [0.05, 0.1) is 24.4 Å². The van der Waals surface area contributed by atoms with Gasteiger partial charge in [0.1, 0.15) is 11.6 Å². The summed E-state index contributed by atoms with van der Waals surface area (Å²) in [4.78, 5) is 22.1. The van der Waals surface area contributed by atoms with E-state index in [0.29, 0.717) is 41.4 Å². The van der Waals surface area contributed by atoms with Crippen LogP contribution in [0, 0.1) is 5.82 Å². The maximum Gasteiger partial charge on any atom is 0.254 e. The van der Waals surface area contributed by atoms with Gasteiger partial charge in [-0.1, -0.05) is 24.3 Å². The van der Waals surface area contributed by atoms with E-state index < -0.39 is 0 Å². The lowest BCUT2D eigenvalue weighted by Gasteiger charge is -2.24. The highest BCUT2D eigenvalue weighted by Gasteiger charge is 2.24. The summed E-state index contributed by atoms with van der Waals surface area (Å²) < 4.78 is 25.4. The van der Waals surface area contributed by atoms with Gasteiger partial charge in [-0.25, -0.2) is 9.37 Å². The second-order valence-electron chi connectivity index (χ2n) is 8.39. The Morgan fingerprint density at radius 2 is 1.66 bits per heavy atom. The molecule has 1 amide bonds. The molecular formula is C28H26FN3O3. The van der Waals surface area contributed by atoms with Crippen molar-refractivity contribution >= 4 is 11.6 Å². The first-order valence-corrected chi connectivity index (χ1v) is 11.6. The lowest BCUT2D eigenvalue weighted by Crippen LogP contribution is -2.35. The van der Waals surface area contributed by atoms with Crippen LogP contribution in [-0.4, -0.2) is 49.1 Å². The van der Waals surface area contributed by atoms with Crippen LogP contribution in [0.4, 0.5) is 10.1 Å². The van der Waals surface area contributed by atoms with E-state index in [9.17, 15) is 9.18 Å². The molecule has 4 aromatic rings. The summed E-state index contributed by atoms with van der Waals surface area (Å²) in [5, 5.41) is 0. The van der Waals surface area contributed by atoms with Crippen molar-refractivity contribution in [3.63, 3.8) is 0 Å². The number of methoxy groups -OCH3 is 1. The van der Waals surface area contributed by atoms with Gasteiger partial charge in [0, 0.05) is 37.4 Å². The molecule has 1 saturated heterocycles. The molecule has 1 fully saturated rings. The molecule has 178 valence electrons. The van der Waals surface area contributed by atoms with Crippen molar-refractivity contribution in [2.45, 2.75) is 6.42 Å². The minimum atomic E-state index is -0.384. The first kappa shape index (κ1) is 22.7. The van der Waals surface area contributed by atoms with E-state index >= 15 is 0 Å². The Morgan fingerprint density at radius 3 is 2.43 bits per heavy atom. The Balaban J connectivity index is 1.35. The number of hydrogen-bond acceptors (Lipinski definition) is 5. The molecule has 5 rings (SSSR count). The van der Waals surface area contributed by atoms with Crippen LogP contribution in [-0.2, 0) is 0 Å². The SMILES string of the molecule is COc1ccc(N2CCCN(C(=O)c3ccccc3-c3ncc(-c4ccccc4F)o3)CC2)cc1. The van der Waals surface area contributed by atoms with Gasteiger partial charge in [0.2, 0.25) is 5.89 Å². The fraction of sp³-hybridized carbons (Fsp3) is 0.214. The summed E-state index contributed by atoms with van der Waals surface area (Å²) in [5.74, 6) is 0.988. The summed E-state index contributed by atoms with van der Waals surface area (Å²) >= 11 is 0. The molecule has 0 spiro atoms. The fourth-order valence-corrected chi connectivity index (χ4v) is 4.38. The molecule has 2 heterocycles. The van der Waals surface area contributed by atoms with Crippen LogP contribution in [0.25, 0.3) is 22.8 Å². The number of aromatic nitrogens is 1. The van der Waals surface area contributed by atoms with Crippen LogP contribution in [0.15, 0.2) is 83.4 Å². The average molecular weight is 472 g/mol. The molecular weight excluding hydrogens is 445 g/mol. The molecule has 3 aromatic carbocycles. The molecule has 6 nitrogen and oxygen atoms in total. The summed E-state index contributed by atoms with van der Waals surface area (Å²) in [6.45, 7) is 2.86. The Kier molecular flexibility index (Phi) is 6.48. The van der Waals surface area contributed by atoms with Gasteiger partial charge in [-0.15, -0.1) is 0 Å². The van der Waals surface area contributed by atoms with E-state index in [2.05, 4.69) is 9.88 Å². The lowest BCUT2D eigenvalue weighted by atomic mass is 10.1. The number of oxazole rings is 1. The summed E-state index contributed by atoms with van der Waals surface area (Å²) in [6.07, 6.45) is 2.35. The van der Waals surface area contributed by atoms with Gasteiger partial charge < -0.3 is 19.0 Å². The third kappa shape index (κ3) is 4.75. The standard InChI is InChI=1S/C28H26FN3O3/c1-34-21-13-11-20(12-14-21)31-15-6-16-32(18-17-31)28(33)23-8-3-2-7-22(23)27-30-19-26(35-27)24-9-4-5-10-25(24)29/h2-5,7-14,19H,6,15-18H2,1H3. The third-order valence-corrected chi connectivity index (χ3v) is 6.25. The Hall–Kier alpha value is -4.13. The van der Waals surface area contributed by atoms with Crippen LogP contribution in [0.5, 0.6) is 5.75 Å². The first-order chi connectivity index (χ1) is 17.1. The molecule has 1 aliphatic rings. The van der Waals surface area contributed by atoms with Crippen LogP contribution in [0.3, 0.4) is 0 Å². The summed E-state index contributed by atoms with van der Waals surface area (Å²) in [6, 6.07) is 21.6. The summed E-state index contributed by atoms with van der Waals surface area (Å²) in [7, 11) is 1.65. The quantitative estimate of drug-likeness (QED) is 0.384. The van der Waals surface area contributed by atoms with Crippen LogP contribution in [0.1, 0.15) is 16.8 Å². The largest absolute Gasteiger partial charge is 0.497 e. The topological polar surface area (TPSA) is 58.8 Å². The van der Waals surface area contributed by atoms with Crippen molar-refractivity contribution in [3.05, 3.63) is 90.4 Å². The van der Waals surface area contributed by atoms with Gasteiger partial charge in [-0.2, -0.15) is 0 Å². The van der Waals surface area contributed by atoms with Crippen LogP contribution < -0.4 is 9.64 Å². The minimum absolute atomic E-state index is 0.0668. The van der Waals surface area contributed by atoms with E-state index in [1.54, 1.807) is 31.4 Å². The molecule has 0 atom stereocenters. The van der Waals surface area contributed by atoms with Gasteiger partial charge in [0.25, 0.3) is 5.91 Å². The Labute approximate surface area is 203 Å². The zero-order chi connectivity index (χ0) is 24.2. The second-order valence-corrected chi connectivity index (χ2v) is 8.39. The van der Waals surface area contributed by atoms with Crippen LogP contribution in [0.2, 0.25) is 0 Å². The third-order valence-electron chi connectivity index (χ3n) is 6.25. The molecule has 0 aliphatic carbocycles. The highest BCUT2D eigenvalue weighted by atomic mass is 19.1.